The third kappa shape index (κ3) is 3.21. The Morgan fingerprint density at radius 3 is 2.64 bits per heavy atom. The molecule has 1 saturated carbocycles. The van der Waals surface area contributed by atoms with Gasteiger partial charge < -0.3 is 5.73 Å². The Morgan fingerprint density at radius 2 is 2.14 bits per heavy atom. The van der Waals surface area contributed by atoms with Gasteiger partial charge in [0.05, 0.1) is 6.07 Å². The van der Waals surface area contributed by atoms with Crippen LogP contribution in [0.25, 0.3) is 0 Å². The molecule has 1 rings (SSSR count). The lowest BCUT2D eigenvalue weighted by atomic mass is 9.93. The van der Waals surface area contributed by atoms with Gasteiger partial charge in [-0.2, -0.15) is 5.26 Å². The van der Waals surface area contributed by atoms with Gasteiger partial charge in [-0.3, -0.25) is 4.79 Å². The Kier molecular flexibility index (Phi) is 4.18. The normalized spacial score (nSPS) is 18.4. The van der Waals surface area contributed by atoms with Crippen molar-refractivity contribution in [2.24, 2.45) is 11.7 Å². The number of carbonyl (C=O) groups is 1. The number of amides is 1. The van der Waals surface area contributed by atoms with E-state index in [0.29, 0.717) is 6.42 Å². The molecule has 1 unspecified atom stereocenters. The van der Waals surface area contributed by atoms with Crippen molar-refractivity contribution in [1.82, 2.24) is 0 Å². The number of nitriles is 1. The minimum absolute atomic E-state index is 0.487. The number of nitrogens with zero attached hydrogens (tertiary/aromatic N) is 1. The van der Waals surface area contributed by atoms with Crippen LogP contribution in [0.15, 0.2) is 11.6 Å². The molecule has 1 aliphatic carbocycles. The van der Waals surface area contributed by atoms with Crippen LogP contribution in [0.5, 0.6) is 0 Å². The zero-order valence-corrected chi connectivity index (χ0v) is 8.33. The molecule has 76 valence electrons. The predicted octanol–water partition coefficient (Wildman–Crippen LogP) is 1.89. The maximum absolute atomic E-state index is 10.8. The second-order valence-corrected chi connectivity index (χ2v) is 3.74. The molecule has 0 radical (unpaired) electrons. The van der Waals surface area contributed by atoms with Gasteiger partial charge in [-0.25, -0.2) is 0 Å². The first-order valence-corrected chi connectivity index (χ1v) is 5.11. The van der Waals surface area contributed by atoms with Gasteiger partial charge in [0, 0.05) is 0 Å². The highest BCUT2D eigenvalue weighted by atomic mass is 16.1. The minimum atomic E-state index is -0.649. The molecule has 0 aromatic rings. The van der Waals surface area contributed by atoms with E-state index in [2.05, 4.69) is 0 Å². The molecular weight excluding hydrogens is 176 g/mol. The fraction of sp³-hybridized carbons (Fsp3) is 0.636. The maximum atomic E-state index is 10.8. The number of rotatable bonds is 3. The van der Waals surface area contributed by atoms with Crippen molar-refractivity contribution in [3.8, 4) is 6.07 Å². The standard InChI is InChI=1S/C11H16N2O/c12-8-10(11(13)14)7-6-9-4-2-1-3-5-9/h6,10H,1-5,7H2,(H2,13,14). The van der Waals surface area contributed by atoms with E-state index in [1.165, 1.54) is 24.8 Å². The van der Waals surface area contributed by atoms with E-state index in [0.717, 1.165) is 12.8 Å². The van der Waals surface area contributed by atoms with Crippen LogP contribution in [0.2, 0.25) is 0 Å². The molecule has 0 spiro atoms. The van der Waals surface area contributed by atoms with E-state index in [1.807, 2.05) is 12.1 Å². The number of primary amides is 1. The molecule has 0 bridgehead atoms. The molecule has 0 aliphatic heterocycles. The third-order valence-electron chi connectivity index (χ3n) is 2.64. The summed E-state index contributed by atoms with van der Waals surface area (Å²) in [4.78, 5) is 10.8. The molecule has 1 amide bonds. The van der Waals surface area contributed by atoms with Crippen molar-refractivity contribution in [1.29, 1.82) is 5.26 Å². The van der Waals surface area contributed by atoms with Gasteiger partial charge in [0.2, 0.25) is 5.91 Å². The fourth-order valence-electron chi connectivity index (χ4n) is 1.73. The summed E-state index contributed by atoms with van der Waals surface area (Å²) in [6.45, 7) is 0. The minimum Gasteiger partial charge on any atom is -0.369 e. The van der Waals surface area contributed by atoms with Crippen LogP contribution in [0.1, 0.15) is 38.5 Å². The quantitative estimate of drug-likeness (QED) is 0.694. The van der Waals surface area contributed by atoms with Gasteiger partial charge in [0.1, 0.15) is 5.92 Å². The third-order valence-corrected chi connectivity index (χ3v) is 2.64. The lowest BCUT2D eigenvalue weighted by molar-refractivity contribution is -0.120. The number of nitrogens with two attached hydrogens (primary N) is 1. The first-order valence-electron chi connectivity index (χ1n) is 5.11. The van der Waals surface area contributed by atoms with Gasteiger partial charge in [0.15, 0.2) is 0 Å². The molecule has 2 N–H and O–H groups in total. The van der Waals surface area contributed by atoms with Crippen LogP contribution in [0, 0.1) is 17.2 Å². The number of allylic oxidation sites excluding steroid dienone is 2. The van der Waals surface area contributed by atoms with E-state index in [-0.39, 0.29) is 0 Å². The average Bonchev–Trinajstić information content (AvgIpc) is 2.20. The van der Waals surface area contributed by atoms with Gasteiger partial charge in [-0.15, -0.1) is 0 Å². The Labute approximate surface area is 84.6 Å². The summed E-state index contributed by atoms with van der Waals surface area (Å²) in [6, 6.07) is 1.92. The highest BCUT2D eigenvalue weighted by Gasteiger charge is 2.13. The summed E-state index contributed by atoms with van der Waals surface area (Å²) >= 11 is 0. The van der Waals surface area contributed by atoms with Crippen molar-refractivity contribution in [2.45, 2.75) is 38.5 Å². The summed E-state index contributed by atoms with van der Waals surface area (Å²) in [5, 5.41) is 8.65. The summed E-state index contributed by atoms with van der Waals surface area (Å²) in [5.74, 6) is -1.16. The number of hydrogen-bond acceptors (Lipinski definition) is 2. The summed E-state index contributed by atoms with van der Waals surface area (Å²) < 4.78 is 0. The molecule has 0 heterocycles. The van der Waals surface area contributed by atoms with E-state index >= 15 is 0 Å². The van der Waals surface area contributed by atoms with Gasteiger partial charge in [-0.1, -0.05) is 18.1 Å². The zero-order valence-electron chi connectivity index (χ0n) is 8.33. The molecule has 0 aromatic heterocycles. The average molecular weight is 192 g/mol. The van der Waals surface area contributed by atoms with Crippen molar-refractivity contribution in [2.75, 3.05) is 0 Å². The molecule has 3 nitrogen and oxygen atoms in total. The van der Waals surface area contributed by atoms with Crippen LogP contribution in [-0.2, 0) is 4.79 Å². The highest BCUT2D eigenvalue weighted by molar-refractivity contribution is 5.79. The van der Waals surface area contributed by atoms with Crippen molar-refractivity contribution in [3.05, 3.63) is 11.6 Å². The van der Waals surface area contributed by atoms with Crippen molar-refractivity contribution < 1.29 is 4.79 Å². The molecule has 0 aromatic carbocycles. The van der Waals surface area contributed by atoms with Crippen molar-refractivity contribution >= 4 is 5.91 Å². The maximum Gasteiger partial charge on any atom is 0.235 e. The molecule has 3 heteroatoms. The topological polar surface area (TPSA) is 66.9 Å². The molecule has 0 saturated heterocycles. The van der Waals surface area contributed by atoms with Gasteiger partial charge in [0.25, 0.3) is 0 Å². The molecule has 1 atom stereocenters. The Balaban J connectivity index is 2.44. The van der Waals surface area contributed by atoms with E-state index < -0.39 is 11.8 Å². The number of hydrogen-bond donors (Lipinski definition) is 1. The first kappa shape index (κ1) is 10.8. The van der Waals surface area contributed by atoms with Crippen LogP contribution >= 0.6 is 0 Å². The van der Waals surface area contributed by atoms with E-state index in [4.69, 9.17) is 11.0 Å². The first-order chi connectivity index (χ1) is 6.74. The lowest BCUT2D eigenvalue weighted by Gasteiger charge is -2.13. The Hall–Kier alpha value is -1.30. The second-order valence-electron chi connectivity index (χ2n) is 3.74. The lowest BCUT2D eigenvalue weighted by Crippen LogP contribution is -2.21. The molecule has 1 fully saturated rings. The summed E-state index contributed by atoms with van der Waals surface area (Å²) in [6.07, 6.45) is 8.53. The largest absolute Gasteiger partial charge is 0.369 e. The monoisotopic (exact) mass is 192 g/mol. The fourth-order valence-corrected chi connectivity index (χ4v) is 1.73. The smallest absolute Gasteiger partial charge is 0.235 e. The van der Waals surface area contributed by atoms with Gasteiger partial charge in [-0.05, 0) is 32.1 Å². The predicted molar refractivity (Wildman–Crippen MR) is 54.1 cm³/mol. The SMILES string of the molecule is N#CC(CC=C1CCCCC1)C(N)=O. The molecule has 14 heavy (non-hydrogen) atoms. The highest BCUT2D eigenvalue weighted by Crippen LogP contribution is 2.23. The van der Waals surface area contributed by atoms with Crippen LogP contribution in [0.3, 0.4) is 0 Å². The van der Waals surface area contributed by atoms with E-state index in [9.17, 15) is 4.79 Å². The Bertz CT molecular complexity index is 268. The molecular formula is C11H16N2O. The van der Waals surface area contributed by atoms with Gasteiger partial charge >= 0.3 is 0 Å². The van der Waals surface area contributed by atoms with Crippen LogP contribution in [-0.4, -0.2) is 5.91 Å². The van der Waals surface area contributed by atoms with Crippen molar-refractivity contribution in [3.63, 3.8) is 0 Å². The summed E-state index contributed by atoms with van der Waals surface area (Å²) in [7, 11) is 0. The zero-order chi connectivity index (χ0) is 10.4. The van der Waals surface area contributed by atoms with Crippen LogP contribution in [0.4, 0.5) is 0 Å². The molecule has 1 aliphatic rings. The summed E-state index contributed by atoms with van der Waals surface area (Å²) in [5.41, 5.74) is 6.46. The Morgan fingerprint density at radius 1 is 1.50 bits per heavy atom. The van der Waals surface area contributed by atoms with Crippen LogP contribution < -0.4 is 5.73 Å². The number of carbonyl (C=O) groups excluding carboxylic acids is 1. The van der Waals surface area contributed by atoms with E-state index in [1.54, 1.807) is 0 Å². The second kappa shape index (κ2) is 5.43.